The molecule has 158 valence electrons. The Morgan fingerprint density at radius 1 is 0.833 bits per heavy atom. The van der Waals surface area contributed by atoms with E-state index in [1.807, 2.05) is 6.07 Å². The first kappa shape index (κ1) is 21.2. The third kappa shape index (κ3) is 4.08. The first-order valence-corrected chi connectivity index (χ1v) is 9.21. The lowest BCUT2D eigenvalue weighted by molar-refractivity contribution is 0.349. The Kier molecular flexibility index (Phi) is 6.58. The van der Waals surface area contributed by atoms with Gasteiger partial charge in [-0.15, -0.1) is 0 Å². The number of rotatable bonds is 8. The first-order valence-electron chi connectivity index (χ1n) is 8.80. The fraction of sp³-hybridized carbons (Fsp3) is 0.250. The van der Waals surface area contributed by atoms with Crippen LogP contribution < -0.4 is 23.7 Å². The number of hydrogen-bond acceptors (Lipinski definition) is 8. The second kappa shape index (κ2) is 9.31. The maximum absolute atomic E-state index is 5.44. The van der Waals surface area contributed by atoms with Crippen LogP contribution in [0.1, 0.15) is 5.56 Å². The number of nitrogens with zero attached hydrogens (tertiary/aromatic N) is 3. The molecule has 1 aromatic heterocycles. The van der Waals surface area contributed by atoms with Crippen molar-refractivity contribution < 1.29 is 23.7 Å². The van der Waals surface area contributed by atoms with Gasteiger partial charge < -0.3 is 23.7 Å². The van der Waals surface area contributed by atoms with Crippen molar-refractivity contribution >= 4 is 18.4 Å². The van der Waals surface area contributed by atoms with Crippen molar-refractivity contribution in [3.8, 4) is 40.1 Å². The fourth-order valence-electron chi connectivity index (χ4n) is 2.83. The van der Waals surface area contributed by atoms with Gasteiger partial charge in [-0.25, -0.2) is 5.10 Å². The van der Waals surface area contributed by atoms with E-state index in [0.717, 1.165) is 5.56 Å². The van der Waals surface area contributed by atoms with Gasteiger partial charge in [0.2, 0.25) is 4.77 Å². The molecule has 1 N–H and O–H groups in total. The van der Waals surface area contributed by atoms with Gasteiger partial charge in [0.15, 0.2) is 28.8 Å². The van der Waals surface area contributed by atoms with E-state index in [0.29, 0.717) is 44.9 Å². The normalized spacial score (nSPS) is 10.8. The van der Waals surface area contributed by atoms with E-state index in [2.05, 4.69) is 15.3 Å². The summed E-state index contributed by atoms with van der Waals surface area (Å²) in [5, 5.41) is 11.5. The van der Waals surface area contributed by atoms with Crippen molar-refractivity contribution in [3.63, 3.8) is 0 Å². The lowest BCUT2D eigenvalue weighted by Crippen LogP contribution is -1.99. The summed E-state index contributed by atoms with van der Waals surface area (Å²) in [5.41, 5.74) is 1.42. The summed E-state index contributed by atoms with van der Waals surface area (Å²) < 4.78 is 28.6. The molecular formula is C20H22N4O5S. The van der Waals surface area contributed by atoms with Crippen LogP contribution in [0.3, 0.4) is 0 Å². The van der Waals surface area contributed by atoms with Crippen LogP contribution in [0.2, 0.25) is 0 Å². The van der Waals surface area contributed by atoms with Gasteiger partial charge >= 0.3 is 0 Å². The molecule has 0 radical (unpaired) electrons. The van der Waals surface area contributed by atoms with E-state index in [9.17, 15) is 0 Å². The van der Waals surface area contributed by atoms with Crippen molar-refractivity contribution in [2.24, 2.45) is 5.10 Å². The van der Waals surface area contributed by atoms with Crippen LogP contribution in [0.15, 0.2) is 35.4 Å². The first-order chi connectivity index (χ1) is 14.6. The van der Waals surface area contributed by atoms with Crippen LogP contribution in [0, 0.1) is 4.77 Å². The summed E-state index contributed by atoms with van der Waals surface area (Å²) in [7, 11) is 7.84. The molecule has 0 fully saturated rings. The molecule has 10 heteroatoms. The molecular weight excluding hydrogens is 408 g/mol. The minimum atomic E-state index is 0.329. The molecule has 0 aliphatic heterocycles. The zero-order chi connectivity index (χ0) is 21.7. The Labute approximate surface area is 178 Å². The zero-order valence-electron chi connectivity index (χ0n) is 17.3. The van der Waals surface area contributed by atoms with Gasteiger partial charge in [0, 0.05) is 17.2 Å². The fourth-order valence-corrected chi connectivity index (χ4v) is 3.01. The SMILES string of the molecule is COc1cc(OC)c(OC)cc1/C=N\n1c(-c2ccc(OC)c(OC)c2)n[nH]c1=S. The second-order valence-corrected chi connectivity index (χ2v) is 6.31. The number of H-pyrrole nitrogens is 1. The number of benzene rings is 2. The largest absolute Gasteiger partial charge is 0.496 e. The van der Waals surface area contributed by atoms with Crippen LogP contribution in [-0.2, 0) is 0 Å². The van der Waals surface area contributed by atoms with E-state index in [-0.39, 0.29) is 0 Å². The molecule has 0 aliphatic carbocycles. The summed E-state index contributed by atoms with van der Waals surface area (Å²) in [4.78, 5) is 0. The average Bonchev–Trinajstić information content (AvgIpc) is 3.16. The number of nitrogens with one attached hydrogen (secondary N) is 1. The Balaban J connectivity index is 2.05. The highest BCUT2D eigenvalue weighted by atomic mass is 32.1. The molecule has 0 bridgehead atoms. The predicted octanol–water partition coefficient (Wildman–Crippen LogP) is 3.53. The van der Waals surface area contributed by atoms with Crippen molar-refractivity contribution in [2.45, 2.75) is 0 Å². The monoisotopic (exact) mass is 430 g/mol. The van der Waals surface area contributed by atoms with Crippen molar-refractivity contribution in [1.29, 1.82) is 0 Å². The summed E-state index contributed by atoms with van der Waals surface area (Å²) >= 11 is 5.35. The molecule has 3 rings (SSSR count). The molecule has 0 saturated carbocycles. The predicted molar refractivity (Wildman–Crippen MR) is 115 cm³/mol. The third-order valence-corrected chi connectivity index (χ3v) is 4.60. The Morgan fingerprint density at radius 2 is 1.43 bits per heavy atom. The van der Waals surface area contributed by atoms with Gasteiger partial charge in [0.05, 0.1) is 41.8 Å². The molecule has 9 nitrogen and oxygen atoms in total. The lowest BCUT2D eigenvalue weighted by atomic mass is 10.2. The third-order valence-electron chi connectivity index (χ3n) is 4.34. The standard InChI is InChI=1S/C20H22N4O5S/c1-25-14-7-6-12(8-16(14)27-3)19-22-23-20(30)24(19)21-11-13-9-17(28-4)18(29-5)10-15(13)26-2/h6-11H,1-5H3,(H,23,30)/b21-11-. The highest BCUT2D eigenvalue weighted by Gasteiger charge is 2.14. The van der Waals surface area contributed by atoms with E-state index in [4.69, 9.17) is 35.9 Å². The molecule has 0 aliphatic rings. The minimum absolute atomic E-state index is 0.329. The Morgan fingerprint density at radius 3 is 2.07 bits per heavy atom. The van der Waals surface area contributed by atoms with Crippen LogP contribution in [-0.4, -0.2) is 56.6 Å². The topological polar surface area (TPSA) is 92.1 Å². The van der Waals surface area contributed by atoms with E-state index >= 15 is 0 Å². The Hall–Kier alpha value is -3.53. The number of aromatic nitrogens is 3. The molecule has 0 unspecified atom stereocenters. The summed E-state index contributed by atoms with van der Waals surface area (Å²) in [6, 6.07) is 8.92. The van der Waals surface area contributed by atoms with E-state index in [1.165, 1.54) is 4.68 Å². The van der Waals surface area contributed by atoms with Crippen LogP contribution in [0.5, 0.6) is 28.7 Å². The summed E-state index contributed by atoms with van der Waals surface area (Å²) in [6.07, 6.45) is 1.61. The highest BCUT2D eigenvalue weighted by Crippen LogP contribution is 2.34. The maximum Gasteiger partial charge on any atom is 0.216 e. The molecule has 0 amide bonds. The van der Waals surface area contributed by atoms with Crippen LogP contribution in [0.25, 0.3) is 11.4 Å². The number of hydrogen-bond donors (Lipinski definition) is 1. The van der Waals surface area contributed by atoms with E-state index < -0.39 is 0 Å². The van der Waals surface area contributed by atoms with Gasteiger partial charge in [0.1, 0.15) is 5.75 Å². The van der Waals surface area contributed by atoms with E-state index in [1.54, 1.807) is 66.0 Å². The molecule has 0 atom stereocenters. The number of aromatic amines is 1. The highest BCUT2D eigenvalue weighted by molar-refractivity contribution is 7.71. The average molecular weight is 430 g/mol. The minimum Gasteiger partial charge on any atom is -0.496 e. The summed E-state index contributed by atoms with van der Waals surface area (Å²) in [5.74, 6) is 3.37. The molecule has 0 spiro atoms. The Bertz CT molecular complexity index is 1120. The van der Waals surface area contributed by atoms with Crippen molar-refractivity contribution in [3.05, 3.63) is 40.7 Å². The quantitative estimate of drug-likeness (QED) is 0.432. The molecule has 2 aromatic carbocycles. The molecule has 30 heavy (non-hydrogen) atoms. The second-order valence-electron chi connectivity index (χ2n) is 5.93. The zero-order valence-corrected chi connectivity index (χ0v) is 18.1. The lowest BCUT2D eigenvalue weighted by Gasteiger charge is -2.12. The van der Waals surface area contributed by atoms with Gasteiger partial charge in [-0.1, -0.05) is 0 Å². The van der Waals surface area contributed by atoms with Crippen LogP contribution >= 0.6 is 12.2 Å². The van der Waals surface area contributed by atoms with Gasteiger partial charge in [-0.3, -0.25) is 0 Å². The van der Waals surface area contributed by atoms with Gasteiger partial charge in [-0.2, -0.15) is 14.9 Å². The van der Waals surface area contributed by atoms with Gasteiger partial charge in [-0.05, 0) is 36.5 Å². The van der Waals surface area contributed by atoms with Crippen molar-refractivity contribution in [1.82, 2.24) is 14.9 Å². The molecule has 0 saturated heterocycles. The van der Waals surface area contributed by atoms with Gasteiger partial charge in [0.25, 0.3) is 0 Å². The molecule has 3 aromatic rings. The smallest absolute Gasteiger partial charge is 0.216 e. The number of ether oxygens (including phenoxy) is 5. The maximum atomic E-state index is 5.44. The van der Waals surface area contributed by atoms with Crippen LogP contribution in [0.4, 0.5) is 0 Å². The summed E-state index contributed by atoms with van der Waals surface area (Å²) in [6.45, 7) is 0. The van der Waals surface area contributed by atoms with Crippen molar-refractivity contribution in [2.75, 3.05) is 35.5 Å². The molecule has 1 heterocycles. The number of methoxy groups -OCH3 is 5.